The number of benzene rings is 1. The second kappa shape index (κ2) is 6.76. The Morgan fingerprint density at radius 1 is 1.14 bits per heavy atom. The Morgan fingerprint density at radius 2 is 1.86 bits per heavy atom. The fraction of sp³-hybridized carbons (Fsp3) is 0.409. The number of nitrogens with zero attached hydrogens (tertiary/aromatic N) is 5. The molecule has 0 unspecified atom stereocenters. The minimum atomic E-state index is -0.351. The molecule has 0 saturated carbocycles. The lowest BCUT2D eigenvalue weighted by atomic mass is 10.1. The van der Waals surface area contributed by atoms with E-state index in [1.807, 2.05) is 49.6 Å². The van der Waals surface area contributed by atoms with Crippen LogP contribution in [0.1, 0.15) is 48.7 Å². The zero-order chi connectivity index (χ0) is 21.0. The summed E-state index contributed by atoms with van der Waals surface area (Å²) in [6.45, 7) is 10.5. The van der Waals surface area contributed by atoms with Crippen LogP contribution in [-0.4, -0.2) is 23.1 Å². The summed E-state index contributed by atoms with van der Waals surface area (Å²) in [5.74, 6) is 0.698. The van der Waals surface area contributed by atoms with Gasteiger partial charge in [0.15, 0.2) is 11.2 Å². The van der Waals surface area contributed by atoms with Crippen LogP contribution < -0.4 is 11.2 Å². The molecule has 4 rings (SSSR count). The van der Waals surface area contributed by atoms with E-state index in [0.717, 1.165) is 28.8 Å². The Morgan fingerprint density at radius 3 is 2.55 bits per heavy atom. The molecule has 0 spiro atoms. The first-order chi connectivity index (χ1) is 13.7. The van der Waals surface area contributed by atoms with Gasteiger partial charge in [0.25, 0.3) is 5.56 Å². The number of aromatic nitrogens is 5. The quantitative estimate of drug-likeness (QED) is 0.535. The highest BCUT2D eigenvalue weighted by molar-refractivity contribution is 5.75. The molecule has 1 aromatic carbocycles. The maximum atomic E-state index is 13.4. The molecule has 4 aromatic rings. The molecular formula is C22H27N5O2. The second-order valence-corrected chi connectivity index (χ2v) is 8.01. The minimum absolute atomic E-state index is 0.243. The van der Waals surface area contributed by atoms with E-state index in [1.54, 1.807) is 7.05 Å². The van der Waals surface area contributed by atoms with Crippen LogP contribution in [0.3, 0.4) is 0 Å². The van der Waals surface area contributed by atoms with Gasteiger partial charge in [-0.2, -0.15) is 4.98 Å². The molecule has 0 bridgehead atoms. The number of imidazole rings is 2. The lowest BCUT2D eigenvalue weighted by Gasteiger charge is -2.12. The van der Waals surface area contributed by atoms with Crippen molar-refractivity contribution in [1.29, 1.82) is 0 Å². The first-order valence-electron chi connectivity index (χ1n) is 10.00. The van der Waals surface area contributed by atoms with Crippen molar-refractivity contribution in [3.05, 3.63) is 67.6 Å². The fourth-order valence-corrected chi connectivity index (χ4v) is 4.03. The summed E-state index contributed by atoms with van der Waals surface area (Å²) in [7, 11) is 1.68. The molecule has 3 aromatic heterocycles. The van der Waals surface area contributed by atoms with E-state index in [9.17, 15) is 9.59 Å². The zero-order valence-corrected chi connectivity index (χ0v) is 17.9. The topological polar surface area (TPSA) is 66.2 Å². The summed E-state index contributed by atoms with van der Waals surface area (Å²) < 4.78 is 6.75. The molecule has 152 valence electrons. The Hall–Kier alpha value is -3.09. The van der Waals surface area contributed by atoms with Gasteiger partial charge in [0.1, 0.15) is 0 Å². The van der Waals surface area contributed by atoms with Crippen molar-refractivity contribution < 1.29 is 0 Å². The van der Waals surface area contributed by atoms with Gasteiger partial charge < -0.3 is 4.57 Å². The van der Waals surface area contributed by atoms with Crippen molar-refractivity contribution in [3.8, 4) is 0 Å². The monoisotopic (exact) mass is 393 g/mol. The van der Waals surface area contributed by atoms with Crippen molar-refractivity contribution in [1.82, 2.24) is 23.1 Å². The first-order valence-corrected chi connectivity index (χ1v) is 10.00. The summed E-state index contributed by atoms with van der Waals surface area (Å²) in [6.07, 6.45) is 2.88. The lowest BCUT2D eigenvalue weighted by molar-refractivity contribution is 0.532. The second-order valence-electron chi connectivity index (χ2n) is 8.01. The smallest absolute Gasteiger partial charge is 0.311 e. The molecule has 0 aliphatic heterocycles. The molecule has 0 saturated heterocycles. The third-order valence-corrected chi connectivity index (χ3v) is 5.93. The van der Waals surface area contributed by atoms with Gasteiger partial charge in [0.05, 0.1) is 6.54 Å². The summed E-state index contributed by atoms with van der Waals surface area (Å²) in [5, 5.41) is 0. The number of rotatable bonds is 4. The van der Waals surface area contributed by atoms with Crippen LogP contribution in [0.25, 0.3) is 16.9 Å². The van der Waals surface area contributed by atoms with Crippen molar-refractivity contribution in [2.75, 3.05) is 0 Å². The maximum absolute atomic E-state index is 13.4. The minimum Gasteiger partial charge on any atom is -0.311 e. The molecule has 1 atom stereocenters. The van der Waals surface area contributed by atoms with E-state index in [0.29, 0.717) is 16.9 Å². The summed E-state index contributed by atoms with van der Waals surface area (Å²) in [4.78, 5) is 31.1. The van der Waals surface area contributed by atoms with Gasteiger partial charge in [-0.1, -0.05) is 30.7 Å². The molecule has 0 fully saturated rings. The molecule has 0 N–H and O–H groups in total. The zero-order valence-electron chi connectivity index (χ0n) is 17.9. The molecule has 0 radical (unpaired) electrons. The first kappa shape index (κ1) is 19.2. The third kappa shape index (κ3) is 2.84. The Balaban J connectivity index is 2.03. The van der Waals surface area contributed by atoms with Crippen molar-refractivity contribution in [3.63, 3.8) is 0 Å². The summed E-state index contributed by atoms with van der Waals surface area (Å²) >= 11 is 0. The van der Waals surface area contributed by atoms with E-state index >= 15 is 0 Å². The highest BCUT2D eigenvalue weighted by atomic mass is 16.2. The van der Waals surface area contributed by atoms with Crippen molar-refractivity contribution in [2.45, 2.75) is 53.6 Å². The number of aryl methyl sites for hydroxylation is 4. The Bertz CT molecular complexity index is 1370. The van der Waals surface area contributed by atoms with Crippen LogP contribution in [-0.2, 0) is 13.6 Å². The van der Waals surface area contributed by atoms with Gasteiger partial charge in [-0.15, -0.1) is 0 Å². The molecule has 0 aliphatic carbocycles. The molecule has 0 aliphatic rings. The molecule has 29 heavy (non-hydrogen) atoms. The van der Waals surface area contributed by atoms with E-state index in [2.05, 4.69) is 23.4 Å². The van der Waals surface area contributed by atoms with Crippen LogP contribution in [0.15, 0.2) is 34.0 Å². The van der Waals surface area contributed by atoms with Crippen molar-refractivity contribution >= 4 is 16.9 Å². The number of hydrogen-bond donors (Lipinski definition) is 0. The number of fused-ring (bicyclic) bond motifs is 3. The maximum Gasteiger partial charge on any atom is 0.332 e. The Kier molecular flexibility index (Phi) is 4.48. The van der Waals surface area contributed by atoms with Crippen LogP contribution >= 0.6 is 0 Å². The van der Waals surface area contributed by atoms with Gasteiger partial charge in [-0.3, -0.25) is 18.3 Å². The SMILES string of the molecule is CC[C@H](C)n1c(C)cn2c3c(=O)n(Cc4cc(C)ccc4C)c(=O)n(C)c3nc12. The molecule has 3 heterocycles. The Labute approximate surface area is 168 Å². The van der Waals surface area contributed by atoms with Crippen LogP contribution in [0, 0.1) is 20.8 Å². The molecular weight excluding hydrogens is 366 g/mol. The largest absolute Gasteiger partial charge is 0.332 e. The molecule has 7 nitrogen and oxygen atoms in total. The highest BCUT2D eigenvalue weighted by Gasteiger charge is 2.21. The van der Waals surface area contributed by atoms with Gasteiger partial charge in [0.2, 0.25) is 5.78 Å². The van der Waals surface area contributed by atoms with E-state index in [4.69, 9.17) is 0 Å². The van der Waals surface area contributed by atoms with E-state index < -0.39 is 0 Å². The third-order valence-electron chi connectivity index (χ3n) is 5.93. The summed E-state index contributed by atoms with van der Waals surface area (Å²) in [5.41, 5.74) is 4.37. The standard InChI is InChI=1S/C22H27N5O2/c1-7-15(4)27-16(5)11-25-18-19(23-21(25)27)24(6)22(29)26(20(18)28)12-17-10-13(2)8-9-14(17)3/h8-11,15H,7,12H2,1-6H3/t15-/m0/s1. The highest BCUT2D eigenvalue weighted by Crippen LogP contribution is 2.22. The van der Waals surface area contributed by atoms with Crippen molar-refractivity contribution in [2.24, 2.45) is 7.05 Å². The van der Waals surface area contributed by atoms with Crippen LogP contribution in [0.5, 0.6) is 0 Å². The van der Waals surface area contributed by atoms with Crippen LogP contribution in [0.2, 0.25) is 0 Å². The summed E-state index contributed by atoms with van der Waals surface area (Å²) in [6, 6.07) is 6.33. The molecule has 0 amide bonds. The van der Waals surface area contributed by atoms with E-state index in [-0.39, 0.29) is 23.8 Å². The predicted molar refractivity (Wildman–Crippen MR) is 115 cm³/mol. The lowest BCUT2D eigenvalue weighted by Crippen LogP contribution is -2.39. The normalized spacial score (nSPS) is 12.9. The van der Waals surface area contributed by atoms with Gasteiger partial charge in [-0.05, 0) is 45.2 Å². The average molecular weight is 393 g/mol. The fourth-order valence-electron chi connectivity index (χ4n) is 4.03. The van der Waals surface area contributed by atoms with E-state index in [1.165, 1.54) is 9.13 Å². The van der Waals surface area contributed by atoms with Gasteiger partial charge in [-0.25, -0.2) is 4.79 Å². The molecule has 7 heteroatoms. The van der Waals surface area contributed by atoms with Crippen LogP contribution in [0.4, 0.5) is 0 Å². The van der Waals surface area contributed by atoms with Gasteiger partial charge in [0, 0.05) is 25.0 Å². The number of hydrogen-bond acceptors (Lipinski definition) is 3. The van der Waals surface area contributed by atoms with Gasteiger partial charge >= 0.3 is 5.69 Å². The average Bonchev–Trinajstić information content (AvgIpc) is 3.20. The predicted octanol–water partition coefficient (Wildman–Crippen LogP) is 3.09.